The second-order valence-electron chi connectivity index (χ2n) is 10.6. The Bertz CT molecular complexity index is 2030. The van der Waals surface area contributed by atoms with Crippen LogP contribution in [0.15, 0.2) is 36.4 Å². The van der Waals surface area contributed by atoms with Crippen LogP contribution in [0.3, 0.4) is 0 Å². The Balaban J connectivity index is 1.69. The highest BCUT2D eigenvalue weighted by atomic mass is 16.6. The number of para-hydroxylation sites is 2. The van der Waals surface area contributed by atoms with E-state index < -0.39 is 55.0 Å². The molecule has 14 heteroatoms. The zero-order valence-electron chi connectivity index (χ0n) is 22.5. The maximum Gasteiger partial charge on any atom is 0.281 e. The van der Waals surface area contributed by atoms with Crippen LogP contribution >= 0.6 is 0 Å². The summed E-state index contributed by atoms with van der Waals surface area (Å²) in [5.41, 5.74) is 2.81. The number of H-pyrrole nitrogens is 1. The van der Waals surface area contributed by atoms with E-state index in [9.17, 15) is 45.0 Å². The van der Waals surface area contributed by atoms with E-state index in [-0.39, 0.29) is 67.3 Å². The minimum Gasteiger partial charge on any atom is -0.506 e. The molecule has 2 aliphatic rings. The molecule has 43 heavy (non-hydrogen) atoms. The van der Waals surface area contributed by atoms with Gasteiger partial charge in [-0.3, -0.25) is 19.8 Å². The van der Waals surface area contributed by atoms with Crippen LogP contribution in [0.5, 0.6) is 11.5 Å². The van der Waals surface area contributed by atoms with Crippen molar-refractivity contribution in [3.8, 4) is 11.5 Å². The monoisotopic (exact) mass is 590 g/mol. The number of phenolic OH excluding ortho intramolecular Hbond substituents is 2. The summed E-state index contributed by atoms with van der Waals surface area (Å²) in [5, 5.41) is 65.7. The highest BCUT2D eigenvalue weighted by Crippen LogP contribution is 2.49. The van der Waals surface area contributed by atoms with Crippen LogP contribution < -0.4 is 5.43 Å². The van der Waals surface area contributed by atoms with E-state index in [0.717, 1.165) is 0 Å². The van der Waals surface area contributed by atoms with Crippen molar-refractivity contribution >= 4 is 61.3 Å². The van der Waals surface area contributed by atoms with Crippen LogP contribution in [0.4, 0.5) is 0 Å². The number of carbonyl (C=O) groups is 3. The lowest BCUT2D eigenvalue weighted by molar-refractivity contribution is -0.249. The number of amides is 3. The third-order valence-electron chi connectivity index (χ3n) is 8.31. The Morgan fingerprint density at radius 1 is 0.884 bits per heavy atom. The quantitative estimate of drug-likeness (QED) is 0.138. The van der Waals surface area contributed by atoms with Crippen molar-refractivity contribution in [2.45, 2.75) is 44.0 Å². The molecule has 2 aromatic heterocycles. The van der Waals surface area contributed by atoms with Gasteiger partial charge in [-0.05, 0) is 12.1 Å². The van der Waals surface area contributed by atoms with Crippen molar-refractivity contribution in [1.82, 2.24) is 20.0 Å². The van der Waals surface area contributed by atoms with Crippen molar-refractivity contribution in [3.63, 3.8) is 0 Å². The van der Waals surface area contributed by atoms with E-state index >= 15 is 0 Å². The molecule has 222 valence electrons. The summed E-state index contributed by atoms with van der Waals surface area (Å²) in [5.74, 6) is -2.72. The topological polar surface area (TPSA) is 218 Å². The van der Waals surface area contributed by atoms with Crippen LogP contribution in [0.1, 0.15) is 40.3 Å². The molecule has 2 aliphatic heterocycles. The van der Waals surface area contributed by atoms with Crippen LogP contribution in [-0.4, -0.2) is 93.9 Å². The molecule has 0 aliphatic carbocycles. The lowest BCUT2D eigenvalue weighted by Gasteiger charge is -2.41. The molecule has 8 N–H and O–H groups in total. The fraction of sp³-hybridized carbons (Fsp3) is 0.276. The number of hydrogen-bond donors (Lipinski definition) is 8. The lowest BCUT2D eigenvalue weighted by atomic mass is 9.96. The smallest absolute Gasteiger partial charge is 0.281 e. The minimum absolute atomic E-state index is 0.0104. The van der Waals surface area contributed by atoms with Gasteiger partial charge in [0.15, 0.2) is 6.23 Å². The molecule has 5 aromatic rings. The summed E-state index contributed by atoms with van der Waals surface area (Å²) >= 11 is 0. The maximum absolute atomic E-state index is 14.0. The van der Waals surface area contributed by atoms with Gasteiger partial charge in [0.25, 0.3) is 11.8 Å². The summed E-state index contributed by atoms with van der Waals surface area (Å²) in [6, 6.07) is 9.06. The third kappa shape index (κ3) is 3.49. The molecule has 5 unspecified atom stereocenters. The Morgan fingerprint density at radius 2 is 1.53 bits per heavy atom. The highest BCUT2D eigenvalue weighted by molar-refractivity contribution is 6.39. The zero-order valence-corrected chi connectivity index (χ0v) is 22.5. The number of aromatic amines is 1. The van der Waals surface area contributed by atoms with Crippen LogP contribution in [0, 0.1) is 0 Å². The number of nitrogens with one attached hydrogen (secondary N) is 2. The predicted octanol–water partition coefficient (Wildman–Crippen LogP) is 0.850. The molecule has 1 fully saturated rings. The van der Waals surface area contributed by atoms with Crippen molar-refractivity contribution in [1.29, 1.82) is 0 Å². The number of phenols is 2. The first-order valence-corrected chi connectivity index (χ1v) is 13.5. The Hall–Kier alpha value is -4.73. The Labute approximate surface area is 240 Å². The maximum atomic E-state index is 14.0. The van der Waals surface area contributed by atoms with Crippen molar-refractivity contribution in [3.05, 3.63) is 47.5 Å². The van der Waals surface area contributed by atoms with Crippen molar-refractivity contribution in [2.24, 2.45) is 0 Å². The molecule has 7 rings (SSSR count). The van der Waals surface area contributed by atoms with Gasteiger partial charge in [0.2, 0.25) is 5.91 Å². The number of benzene rings is 3. The number of carbonyl (C=O) groups excluding carboxylic acids is 3. The number of hydrazine groups is 1. The van der Waals surface area contributed by atoms with Gasteiger partial charge in [-0.1, -0.05) is 31.2 Å². The highest BCUT2D eigenvalue weighted by Gasteiger charge is 2.47. The first-order valence-electron chi connectivity index (χ1n) is 13.5. The summed E-state index contributed by atoms with van der Waals surface area (Å²) in [4.78, 5) is 43.3. The second-order valence-corrected chi connectivity index (χ2v) is 10.6. The van der Waals surface area contributed by atoms with Crippen molar-refractivity contribution in [2.75, 3.05) is 6.61 Å². The second kappa shape index (κ2) is 9.39. The number of hydrogen-bond acceptors (Lipinski definition) is 10. The number of aromatic hydroxyl groups is 2. The summed E-state index contributed by atoms with van der Waals surface area (Å²) in [6.07, 6.45) is -8.05. The fourth-order valence-corrected chi connectivity index (χ4v) is 6.33. The number of nitrogens with zero attached hydrogens (tertiary/aromatic N) is 2. The number of aliphatic hydroxyl groups excluding tert-OH is 4. The van der Waals surface area contributed by atoms with Crippen LogP contribution in [0.2, 0.25) is 0 Å². The average molecular weight is 591 g/mol. The van der Waals surface area contributed by atoms with E-state index in [4.69, 9.17) is 4.74 Å². The van der Waals surface area contributed by atoms with Crippen LogP contribution in [-0.2, 0) is 9.53 Å². The molecular formula is C29H26N4O10. The van der Waals surface area contributed by atoms with E-state index in [1.807, 2.05) is 0 Å². The van der Waals surface area contributed by atoms with E-state index in [0.29, 0.717) is 10.4 Å². The van der Waals surface area contributed by atoms with Crippen LogP contribution in [0.25, 0.3) is 43.6 Å². The normalized spacial score (nSPS) is 24.1. The molecule has 5 atom stereocenters. The molecule has 3 amide bonds. The molecule has 0 radical (unpaired) electrons. The molecule has 0 spiro atoms. The van der Waals surface area contributed by atoms with Gasteiger partial charge in [0.1, 0.15) is 35.9 Å². The number of aliphatic hydroxyl groups is 4. The van der Waals surface area contributed by atoms with Gasteiger partial charge < -0.3 is 44.9 Å². The summed E-state index contributed by atoms with van der Waals surface area (Å²) in [6.45, 7) is 0.845. The number of aromatic nitrogens is 2. The standard InChI is InChI=1S/C29H26N4O10/c1-2-15(37)31-33-27(41)18-16-10-5-3-7-12(35)20(10)30-21(16)23-17(19(18)28(33)42)11-6-4-8-13(36)22(11)32(23)29-26(40)25(39)24(38)14(9-34)43-29/h3-8,14,24-26,29-30,34-36,38-40H,2,9H2,1H3,(H,31,37). The first kappa shape index (κ1) is 27.1. The molecule has 4 heterocycles. The van der Waals surface area contributed by atoms with Gasteiger partial charge >= 0.3 is 0 Å². The zero-order chi connectivity index (χ0) is 30.5. The van der Waals surface area contributed by atoms with Gasteiger partial charge in [0.05, 0.1) is 39.8 Å². The van der Waals surface area contributed by atoms with Gasteiger partial charge in [-0.15, -0.1) is 0 Å². The first-order chi connectivity index (χ1) is 20.6. The minimum atomic E-state index is -1.78. The molecule has 14 nitrogen and oxygen atoms in total. The third-order valence-corrected chi connectivity index (χ3v) is 8.31. The summed E-state index contributed by atoms with van der Waals surface area (Å²) < 4.78 is 7.24. The van der Waals surface area contributed by atoms with E-state index in [2.05, 4.69) is 10.4 Å². The molecular weight excluding hydrogens is 564 g/mol. The van der Waals surface area contributed by atoms with E-state index in [1.165, 1.54) is 22.8 Å². The largest absolute Gasteiger partial charge is 0.506 e. The van der Waals surface area contributed by atoms with Gasteiger partial charge in [-0.2, -0.15) is 5.01 Å². The SMILES string of the molecule is CCC(=O)NN1C(=O)c2c(c3c4cccc(O)c4n(C4OC(CO)C(O)C(O)C4O)c3c3[nH]c4c(O)cccc4c23)C1=O. The molecule has 3 aromatic carbocycles. The van der Waals surface area contributed by atoms with Gasteiger partial charge in [-0.25, -0.2) is 0 Å². The van der Waals surface area contributed by atoms with E-state index in [1.54, 1.807) is 25.1 Å². The number of imide groups is 1. The fourth-order valence-electron chi connectivity index (χ4n) is 6.33. The Kier molecular flexibility index (Phi) is 5.92. The van der Waals surface area contributed by atoms with Gasteiger partial charge in [0, 0.05) is 28.0 Å². The average Bonchev–Trinajstić information content (AvgIpc) is 3.62. The predicted molar refractivity (Wildman–Crippen MR) is 150 cm³/mol. The van der Waals surface area contributed by atoms with Crippen molar-refractivity contribution < 1.29 is 49.8 Å². The Morgan fingerprint density at radius 3 is 2.21 bits per heavy atom. The number of ether oxygens (including phenoxy) is 1. The molecule has 1 saturated heterocycles. The molecule has 0 saturated carbocycles. The lowest BCUT2D eigenvalue weighted by Crippen LogP contribution is -2.56. The molecule has 0 bridgehead atoms. The number of rotatable bonds is 4. The summed E-state index contributed by atoms with van der Waals surface area (Å²) in [7, 11) is 0. The number of fused-ring (bicyclic) bond motifs is 10.